The number of fused-ring (bicyclic) bond motifs is 1. The van der Waals surface area contributed by atoms with Gasteiger partial charge in [0, 0.05) is 17.9 Å². The number of hydrogen-bond donors (Lipinski definition) is 4. The Morgan fingerprint density at radius 1 is 1.03 bits per heavy atom. The highest BCUT2D eigenvalue weighted by Gasteiger charge is 2.20. The standard InChI is InChI=1S/C24H24ClN5O5S2/c1-24(2,3)13-26-15-6-9-17-18(12-15)28-23(33)30(21(17)31)16-7-4-14(5-8-16)27-22(32)29-37(34,35)20-11-10-19(25)36-20/h4-12,26H,13H2,1-3H3,(H,28,33)(H2,27,29,32). The Kier molecular flexibility index (Phi) is 7.18. The number of urea groups is 1. The van der Waals surface area contributed by atoms with Crippen LogP contribution in [0.25, 0.3) is 16.6 Å². The van der Waals surface area contributed by atoms with Crippen LogP contribution in [0.1, 0.15) is 20.8 Å². The Hall–Kier alpha value is -3.61. The molecule has 4 N–H and O–H groups in total. The minimum Gasteiger partial charge on any atom is -0.384 e. The average Bonchev–Trinajstić information content (AvgIpc) is 3.25. The van der Waals surface area contributed by atoms with Gasteiger partial charge in [-0.2, -0.15) is 0 Å². The largest absolute Gasteiger partial charge is 0.384 e. The van der Waals surface area contributed by atoms with Crippen LogP contribution in [0.4, 0.5) is 16.2 Å². The number of halogens is 1. The summed E-state index contributed by atoms with van der Waals surface area (Å²) in [6.07, 6.45) is 0. The molecule has 0 fully saturated rings. The minimum absolute atomic E-state index is 0.0557. The normalized spacial score (nSPS) is 11.9. The molecule has 4 aromatic rings. The van der Waals surface area contributed by atoms with E-state index in [1.807, 2.05) is 4.72 Å². The number of thiophene rings is 1. The molecule has 0 spiro atoms. The topological polar surface area (TPSA) is 142 Å². The minimum atomic E-state index is -4.08. The molecule has 2 amide bonds. The van der Waals surface area contributed by atoms with Crippen molar-refractivity contribution in [3.8, 4) is 5.69 Å². The molecule has 0 aliphatic heterocycles. The highest BCUT2D eigenvalue weighted by molar-refractivity contribution is 7.92. The van der Waals surface area contributed by atoms with Crippen molar-refractivity contribution in [1.29, 1.82) is 0 Å². The lowest BCUT2D eigenvalue weighted by atomic mass is 9.97. The first kappa shape index (κ1) is 26.5. The monoisotopic (exact) mass is 561 g/mol. The van der Waals surface area contributed by atoms with Gasteiger partial charge in [0.25, 0.3) is 15.6 Å². The molecule has 10 nitrogen and oxygen atoms in total. The lowest BCUT2D eigenvalue weighted by molar-refractivity contribution is 0.256. The maximum Gasteiger partial charge on any atom is 0.333 e. The van der Waals surface area contributed by atoms with E-state index in [1.165, 1.54) is 36.4 Å². The van der Waals surface area contributed by atoms with Crippen molar-refractivity contribution in [2.75, 3.05) is 17.2 Å². The highest BCUT2D eigenvalue weighted by Crippen LogP contribution is 2.25. The lowest BCUT2D eigenvalue weighted by Crippen LogP contribution is -2.34. The number of anilines is 2. The molecule has 37 heavy (non-hydrogen) atoms. The van der Waals surface area contributed by atoms with E-state index in [1.54, 1.807) is 18.2 Å². The molecule has 13 heteroatoms. The molecule has 4 rings (SSSR count). The fraction of sp³-hybridized carbons (Fsp3) is 0.208. The molecule has 0 aliphatic rings. The quantitative estimate of drug-likeness (QED) is 0.275. The van der Waals surface area contributed by atoms with Gasteiger partial charge in [0.2, 0.25) is 0 Å². The molecule has 0 saturated carbocycles. The van der Waals surface area contributed by atoms with Crippen LogP contribution in [0, 0.1) is 5.41 Å². The van der Waals surface area contributed by atoms with E-state index >= 15 is 0 Å². The van der Waals surface area contributed by atoms with E-state index in [4.69, 9.17) is 11.6 Å². The predicted molar refractivity (Wildman–Crippen MR) is 147 cm³/mol. The molecule has 0 aliphatic carbocycles. The summed E-state index contributed by atoms with van der Waals surface area (Å²) in [5.74, 6) is 0. The number of hydrogen-bond acceptors (Lipinski definition) is 7. The van der Waals surface area contributed by atoms with Crippen molar-refractivity contribution in [1.82, 2.24) is 14.3 Å². The summed E-state index contributed by atoms with van der Waals surface area (Å²) in [6, 6.07) is 12.7. The maximum atomic E-state index is 13.1. The Morgan fingerprint density at radius 2 is 1.70 bits per heavy atom. The zero-order valence-corrected chi connectivity index (χ0v) is 22.5. The van der Waals surface area contributed by atoms with Crippen molar-refractivity contribution in [3.63, 3.8) is 0 Å². The van der Waals surface area contributed by atoms with Crippen molar-refractivity contribution in [2.24, 2.45) is 5.41 Å². The van der Waals surface area contributed by atoms with Gasteiger partial charge in [0.05, 0.1) is 20.9 Å². The fourth-order valence-corrected chi connectivity index (χ4v) is 5.78. The SMILES string of the molecule is CC(C)(C)CNc1ccc2c(=O)n(-c3ccc(NC(=O)NS(=O)(=O)c4ccc(Cl)s4)cc3)c(=O)[nH]c2c1. The number of sulfonamides is 1. The molecule has 194 valence electrons. The molecule has 0 radical (unpaired) electrons. The second-order valence-corrected chi connectivity index (χ2v) is 13.0. The molecule has 0 bridgehead atoms. The second kappa shape index (κ2) is 10.0. The van der Waals surface area contributed by atoms with Crippen molar-refractivity contribution >= 4 is 61.3 Å². The molecule has 0 unspecified atom stereocenters. The number of aromatic nitrogens is 2. The van der Waals surface area contributed by atoms with Crippen LogP contribution in [0.15, 0.2) is 68.4 Å². The summed E-state index contributed by atoms with van der Waals surface area (Å²) in [5, 5.41) is 6.03. The number of amides is 2. The van der Waals surface area contributed by atoms with E-state index in [0.717, 1.165) is 21.6 Å². The molecule has 2 aromatic heterocycles. The van der Waals surface area contributed by atoms with Crippen LogP contribution in [-0.2, 0) is 10.0 Å². The van der Waals surface area contributed by atoms with Gasteiger partial charge in [-0.25, -0.2) is 27.3 Å². The number of aromatic amines is 1. The second-order valence-electron chi connectivity index (χ2n) is 9.41. The Labute approximate surface area is 221 Å². The van der Waals surface area contributed by atoms with Crippen LogP contribution >= 0.6 is 22.9 Å². The Morgan fingerprint density at radius 3 is 2.32 bits per heavy atom. The number of carbonyl (C=O) groups excluding carboxylic acids is 1. The van der Waals surface area contributed by atoms with Crippen molar-refractivity contribution in [3.05, 3.63) is 79.8 Å². The fourth-order valence-electron chi connectivity index (χ4n) is 3.39. The predicted octanol–water partition coefficient (Wildman–Crippen LogP) is 4.36. The number of carbonyl (C=O) groups is 1. The van der Waals surface area contributed by atoms with Gasteiger partial charge in [0.15, 0.2) is 0 Å². The number of rotatable bonds is 6. The zero-order chi connectivity index (χ0) is 27.0. The molecule has 0 saturated heterocycles. The van der Waals surface area contributed by atoms with Crippen molar-refractivity contribution in [2.45, 2.75) is 25.0 Å². The molecular formula is C24H24ClN5O5S2. The first-order chi connectivity index (χ1) is 17.3. The third-order valence-corrected chi connectivity index (χ3v) is 8.20. The van der Waals surface area contributed by atoms with E-state index in [9.17, 15) is 22.8 Å². The first-order valence-electron chi connectivity index (χ1n) is 11.0. The summed E-state index contributed by atoms with van der Waals surface area (Å²) >= 11 is 6.58. The van der Waals surface area contributed by atoms with Gasteiger partial charge in [-0.15, -0.1) is 11.3 Å². The smallest absolute Gasteiger partial charge is 0.333 e. The van der Waals surface area contributed by atoms with E-state index in [-0.39, 0.29) is 25.3 Å². The summed E-state index contributed by atoms with van der Waals surface area (Å²) in [4.78, 5) is 40.8. The molecule has 2 heterocycles. The highest BCUT2D eigenvalue weighted by atomic mass is 35.5. The number of nitrogens with one attached hydrogen (secondary N) is 4. The van der Waals surface area contributed by atoms with Crippen LogP contribution in [0.3, 0.4) is 0 Å². The van der Waals surface area contributed by atoms with Crippen LogP contribution in [0.5, 0.6) is 0 Å². The molecule has 2 aromatic carbocycles. The number of nitrogens with zero attached hydrogens (tertiary/aromatic N) is 1. The van der Waals surface area contributed by atoms with Gasteiger partial charge in [-0.05, 0) is 60.0 Å². The van der Waals surface area contributed by atoms with Gasteiger partial charge >= 0.3 is 11.7 Å². The van der Waals surface area contributed by atoms with Gasteiger partial charge in [-0.1, -0.05) is 32.4 Å². The molecule has 0 atom stereocenters. The van der Waals surface area contributed by atoms with Crippen molar-refractivity contribution < 1.29 is 13.2 Å². The third kappa shape index (κ3) is 6.21. The maximum absolute atomic E-state index is 13.1. The number of benzene rings is 2. The van der Waals surface area contributed by atoms with Gasteiger partial charge < -0.3 is 15.6 Å². The number of H-pyrrole nitrogens is 1. The average molecular weight is 562 g/mol. The Balaban J connectivity index is 1.53. The summed E-state index contributed by atoms with van der Waals surface area (Å²) in [7, 11) is -4.08. The Bertz CT molecular complexity index is 1700. The van der Waals surface area contributed by atoms with Crippen LogP contribution < -0.4 is 26.6 Å². The van der Waals surface area contributed by atoms with E-state index in [2.05, 4.69) is 36.4 Å². The summed E-state index contributed by atoms with van der Waals surface area (Å²) in [6.45, 7) is 7.00. The lowest BCUT2D eigenvalue weighted by Gasteiger charge is -2.19. The van der Waals surface area contributed by atoms with Crippen LogP contribution in [-0.4, -0.2) is 30.5 Å². The van der Waals surface area contributed by atoms with Gasteiger partial charge in [0.1, 0.15) is 4.21 Å². The first-order valence-corrected chi connectivity index (χ1v) is 13.7. The van der Waals surface area contributed by atoms with E-state index < -0.39 is 27.3 Å². The van der Waals surface area contributed by atoms with Gasteiger partial charge in [-0.3, -0.25) is 4.79 Å². The molecular weight excluding hydrogens is 538 g/mol. The summed E-state index contributed by atoms with van der Waals surface area (Å²) < 4.78 is 27.6. The summed E-state index contributed by atoms with van der Waals surface area (Å²) in [5.41, 5.74) is 0.655. The van der Waals surface area contributed by atoms with E-state index in [0.29, 0.717) is 17.4 Å². The van der Waals surface area contributed by atoms with Crippen LogP contribution in [0.2, 0.25) is 4.34 Å². The third-order valence-electron chi connectivity index (χ3n) is 5.14. The zero-order valence-electron chi connectivity index (χ0n) is 20.1.